The van der Waals surface area contributed by atoms with Crippen LogP contribution in [0.15, 0.2) is 77.9 Å². The van der Waals surface area contributed by atoms with Crippen molar-refractivity contribution in [2.24, 2.45) is 0 Å². The first-order valence-corrected chi connectivity index (χ1v) is 11.9. The average molecular weight is 467 g/mol. The van der Waals surface area contributed by atoms with E-state index in [1.807, 2.05) is 42.6 Å². The molecule has 0 atom stereocenters. The number of aromatic nitrogens is 2. The van der Waals surface area contributed by atoms with Crippen molar-refractivity contribution in [1.29, 1.82) is 0 Å². The summed E-state index contributed by atoms with van der Waals surface area (Å²) in [6, 6.07) is 20.0. The molecule has 4 aromatic rings. The molecule has 0 bridgehead atoms. The third-order valence-electron chi connectivity index (χ3n) is 6.46. The Balaban J connectivity index is 1.27. The number of para-hydroxylation sites is 1. The van der Waals surface area contributed by atoms with E-state index in [-0.39, 0.29) is 5.56 Å². The van der Waals surface area contributed by atoms with Crippen molar-refractivity contribution in [2.75, 3.05) is 36.5 Å². The highest BCUT2D eigenvalue weighted by atomic mass is 16.5. The van der Waals surface area contributed by atoms with E-state index in [2.05, 4.69) is 38.4 Å². The molecule has 2 N–H and O–H groups in total. The lowest BCUT2D eigenvalue weighted by Crippen LogP contribution is -2.36. The number of nitrogens with zero attached hydrogens (tertiary/aromatic N) is 2. The predicted molar refractivity (Wildman–Crippen MR) is 136 cm³/mol. The molecule has 0 radical (unpaired) electrons. The minimum atomic E-state index is -0.123. The Morgan fingerprint density at radius 2 is 1.91 bits per heavy atom. The van der Waals surface area contributed by atoms with Gasteiger partial charge in [-0.25, -0.2) is 0 Å². The summed E-state index contributed by atoms with van der Waals surface area (Å²) in [5.41, 5.74) is 6.82. The van der Waals surface area contributed by atoms with Crippen LogP contribution in [0.2, 0.25) is 0 Å². The number of morpholine rings is 1. The monoisotopic (exact) mass is 466 g/mol. The van der Waals surface area contributed by atoms with Gasteiger partial charge in [0.15, 0.2) is 0 Å². The van der Waals surface area contributed by atoms with Gasteiger partial charge in [0.1, 0.15) is 11.5 Å². The largest absolute Gasteiger partial charge is 0.456 e. The number of H-pyrrole nitrogens is 1. The summed E-state index contributed by atoms with van der Waals surface area (Å²) >= 11 is 0. The van der Waals surface area contributed by atoms with Crippen molar-refractivity contribution >= 4 is 11.4 Å². The quantitative estimate of drug-likeness (QED) is 0.395. The highest BCUT2D eigenvalue weighted by Gasteiger charge is 2.22. The number of benzene rings is 2. The number of ether oxygens (including phenoxy) is 2. The lowest BCUT2D eigenvalue weighted by atomic mass is 9.96. The lowest BCUT2D eigenvalue weighted by molar-refractivity contribution is 0.122. The molecule has 6 rings (SSSR count). The molecule has 1 fully saturated rings. The van der Waals surface area contributed by atoms with Crippen molar-refractivity contribution in [3.8, 4) is 22.8 Å². The van der Waals surface area contributed by atoms with Gasteiger partial charge in [0.2, 0.25) is 5.56 Å². The van der Waals surface area contributed by atoms with Gasteiger partial charge < -0.3 is 24.7 Å². The average Bonchev–Trinajstić information content (AvgIpc) is 2.91. The zero-order valence-electron chi connectivity index (χ0n) is 19.3. The fourth-order valence-corrected chi connectivity index (χ4v) is 4.68. The predicted octanol–water partition coefficient (Wildman–Crippen LogP) is 4.58. The van der Waals surface area contributed by atoms with Crippen LogP contribution in [0.1, 0.15) is 16.7 Å². The first-order chi connectivity index (χ1) is 17.2. The van der Waals surface area contributed by atoms with Crippen LogP contribution >= 0.6 is 0 Å². The molecular formula is C28H26N4O3. The van der Waals surface area contributed by atoms with Crippen LogP contribution in [0.4, 0.5) is 11.4 Å². The van der Waals surface area contributed by atoms with E-state index >= 15 is 0 Å². The van der Waals surface area contributed by atoms with E-state index in [1.54, 1.807) is 12.3 Å². The molecule has 176 valence electrons. The molecule has 0 spiro atoms. The second kappa shape index (κ2) is 9.27. The second-order valence-corrected chi connectivity index (χ2v) is 8.83. The Morgan fingerprint density at radius 3 is 2.77 bits per heavy atom. The normalized spacial score (nSPS) is 14.6. The molecule has 2 aromatic carbocycles. The van der Waals surface area contributed by atoms with Gasteiger partial charge in [-0.15, -0.1) is 0 Å². The number of fused-ring (bicyclic) bond motifs is 2. The van der Waals surface area contributed by atoms with Crippen molar-refractivity contribution in [2.45, 2.75) is 13.0 Å². The topological polar surface area (TPSA) is 79.5 Å². The van der Waals surface area contributed by atoms with Crippen LogP contribution in [-0.4, -0.2) is 36.3 Å². The van der Waals surface area contributed by atoms with Crippen LogP contribution < -0.4 is 20.5 Å². The van der Waals surface area contributed by atoms with E-state index < -0.39 is 0 Å². The van der Waals surface area contributed by atoms with Gasteiger partial charge in [-0.1, -0.05) is 18.2 Å². The summed E-state index contributed by atoms with van der Waals surface area (Å²) < 4.78 is 11.9. The molecule has 1 saturated heterocycles. The molecular weight excluding hydrogens is 440 g/mol. The van der Waals surface area contributed by atoms with Crippen molar-refractivity contribution in [3.05, 3.63) is 100 Å². The highest BCUT2D eigenvalue weighted by Crippen LogP contribution is 2.43. The number of anilines is 2. The van der Waals surface area contributed by atoms with E-state index in [1.165, 1.54) is 0 Å². The first kappa shape index (κ1) is 21.4. The molecule has 2 aliphatic rings. The van der Waals surface area contributed by atoms with Crippen LogP contribution in [0.3, 0.4) is 0 Å². The fourth-order valence-electron chi connectivity index (χ4n) is 4.68. The van der Waals surface area contributed by atoms with Gasteiger partial charge in [-0.3, -0.25) is 9.78 Å². The first-order valence-electron chi connectivity index (χ1n) is 11.9. The molecule has 4 heterocycles. The third-order valence-corrected chi connectivity index (χ3v) is 6.46. The third kappa shape index (κ3) is 4.50. The van der Waals surface area contributed by atoms with Gasteiger partial charge in [-0.2, -0.15) is 0 Å². The minimum absolute atomic E-state index is 0.123. The molecule has 2 aromatic heterocycles. The van der Waals surface area contributed by atoms with Crippen LogP contribution in [-0.2, 0) is 17.7 Å². The molecule has 2 aliphatic heterocycles. The maximum Gasteiger partial charge on any atom is 0.250 e. The second-order valence-electron chi connectivity index (χ2n) is 8.83. The number of hydrogen-bond acceptors (Lipinski definition) is 6. The smallest absolute Gasteiger partial charge is 0.250 e. The Kier molecular flexibility index (Phi) is 5.68. The Labute approximate surface area is 203 Å². The number of nitrogens with one attached hydrogen (secondary N) is 2. The van der Waals surface area contributed by atoms with Crippen LogP contribution in [0.25, 0.3) is 11.3 Å². The summed E-state index contributed by atoms with van der Waals surface area (Å²) in [6.07, 6.45) is 4.40. The molecule has 35 heavy (non-hydrogen) atoms. The van der Waals surface area contributed by atoms with Gasteiger partial charge in [0, 0.05) is 67.0 Å². The Bertz CT molecular complexity index is 1410. The van der Waals surface area contributed by atoms with E-state index in [9.17, 15) is 4.79 Å². The van der Waals surface area contributed by atoms with Crippen molar-refractivity contribution in [1.82, 2.24) is 9.97 Å². The number of aromatic amines is 1. The maximum atomic E-state index is 12.5. The zero-order chi connectivity index (χ0) is 23.6. The number of pyridine rings is 2. The van der Waals surface area contributed by atoms with Crippen LogP contribution in [0.5, 0.6) is 11.5 Å². The van der Waals surface area contributed by atoms with Crippen molar-refractivity contribution < 1.29 is 9.47 Å². The maximum absolute atomic E-state index is 12.5. The van der Waals surface area contributed by atoms with E-state index in [0.717, 1.165) is 70.3 Å². The van der Waals surface area contributed by atoms with E-state index in [4.69, 9.17) is 9.47 Å². The van der Waals surface area contributed by atoms with E-state index in [0.29, 0.717) is 19.8 Å². The molecule has 7 heteroatoms. The minimum Gasteiger partial charge on any atom is -0.456 e. The Morgan fingerprint density at radius 1 is 1.00 bits per heavy atom. The summed E-state index contributed by atoms with van der Waals surface area (Å²) in [7, 11) is 0. The molecule has 0 aliphatic carbocycles. The summed E-state index contributed by atoms with van der Waals surface area (Å²) in [6.45, 7) is 3.60. The summed E-state index contributed by atoms with van der Waals surface area (Å²) in [5, 5.41) is 3.47. The molecule has 0 amide bonds. The highest BCUT2D eigenvalue weighted by molar-refractivity contribution is 5.74. The Hall–Kier alpha value is -4.10. The van der Waals surface area contributed by atoms with Crippen LogP contribution in [0, 0.1) is 0 Å². The van der Waals surface area contributed by atoms with Crippen molar-refractivity contribution in [3.63, 3.8) is 0 Å². The molecule has 0 saturated carbocycles. The lowest BCUT2D eigenvalue weighted by Gasteiger charge is -2.29. The standard InChI is InChI=1S/C28H26N4O3/c33-27-16-23(32-9-11-34-12-10-32)15-25(31-27)24-5-1-4-20-13-21-14-22(6-7-26(21)35-28(20)24)30-18-19-3-2-8-29-17-19/h1-8,14-17,30H,9-13,18H2,(H,31,33). The summed E-state index contributed by atoms with van der Waals surface area (Å²) in [5.74, 6) is 1.63. The van der Waals surface area contributed by atoms with Gasteiger partial charge in [0.05, 0.1) is 18.9 Å². The van der Waals surface area contributed by atoms with Gasteiger partial charge in [-0.05, 0) is 47.5 Å². The molecule has 7 nitrogen and oxygen atoms in total. The SMILES string of the molecule is O=c1cc(N2CCOCC2)cc(-c2cccc3c2Oc2ccc(NCc4cccnc4)cc2C3)[nH]1. The summed E-state index contributed by atoms with van der Waals surface area (Å²) in [4.78, 5) is 21.9. The van der Waals surface area contributed by atoms with Gasteiger partial charge >= 0.3 is 0 Å². The zero-order valence-corrected chi connectivity index (χ0v) is 19.3. The molecule has 0 unspecified atom stereocenters. The number of rotatable bonds is 5. The number of hydrogen-bond donors (Lipinski definition) is 2. The fraction of sp³-hybridized carbons (Fsp3) is 0.214. The van der Waals surface area contributed by atoms with Gasteiger partial charge in [0.25, 0.3) is 0 Å².